The summed E-state index contributed by atoms with van der Waals surface area (Å²) in [5, 5.41) is 7.87. The Labute approximate surface area is 47.6 Å². The van der Waals surface area contributed by atoms with Crippen LogP contribution in [0.15, 0.2) is 4.01 Å². The van der Waals surface area contributed by atoms with Crippen LogP contribution in [0, 0.1) is 10.2 Å². The van der Waals surface area contributed by atoms with Gasteiger partial charge in [0.2, 0.25) is 0 Å². The van der Waals surface area contributed by atoms with E-state index >= 15 is 0 Å². The van der Waals surface area contributed by atoms with E-state index in [1.807, 2.05) is 4.97 Å². The molecule has 0 radical (unpaired) electrons. The summed E-state index contributed by atoms with van der Waals surface area (Å²) in [6.45, 7) is 0. The summed E-state index contributed by atoms with van der Waals surface area (Å²) in [6.07, 6.45) is 0. The van der Waals surface area contributed by atoms with Crippen molar-refractivity contribution >= 4 is 21.1 Å². The van der Waals surface area contributed by atoms with Crippen molar-refractivity contribution in [3.63, 3.8) is 0 Å². The fourth-order valence-electron chi connectivity index (χ4n) is 0.0731. The van der Waals surface area contributed by atoms with E-state index in [0.717, 1.165) is 0 Å². The number of guanidine groups is 1. The molecule has 0 atom stereocenters. The molecule has 0 saturated carbocycles. The van der Waals surface area contributed by atoms with E-state index in [1.165, 1.54) is 0 Å². The third-order valence-corrected chi connectivity index (χ3v) is 0.997. The van der Waals surface area contributed by atoms with Crippen LogP contribution in [0.4, 0.5) is 0 Å². The van der Waals surface area contributed by atoms with Crippen molar-refractivity contribution in [3.8, 4) is 4.97 Å². The first kappa shape index (κ1) is 6.28. The fraction of sp³-hybridized carbons (Fsp3) is 0. The summed E-state index contributed by atoms with van der Waals surface area (Å²) in [4.78, 5) is 1.81. The number of rotatable bonds is 1. The molecule has 0 aromatic heterocycles. The van der Waals surface area contributed by atoms with Gasteiger partial charge in [-0.15, -0.1) is 0 Å². The van der Waals surface area contributed by atoms with E-state index in [4.69, 9.17) is 16.7 Å². The molecule has 7 heavy (non-hydrogen) atoms. The molecule has 0 bridgehead atoms. The third kappa shape index (κ3) is 5.28. The van der Waals surface area contributed by atoms with Crippen LogP contribution in [0.5, 0.6) is 0 Å². The number of hydrogen-bond donors (Lipinski definition) is 2. The summed E-state index contributed by atoms with van der Waals surface area (Å²) < 4.78 is 3.42. The number of nitrogens with two attached hydrogens (primary N) is 2. The van der Waals surface area contributed by atoms with Gasteiger partial charge in [-0.05, 0) is 0 Å². The molecule has 0 unspecified atom stereocenters. The minimum absolute atomic E-state index is 0.0125. The van der Waals surface area contributed by atoms with Crippen LogP contribution in [-0.2, 0) is 0 Å². The van der Waals surface area contributed by atoms with Gasteiger partial charge in [0, 0.05) is 0 Å². The monoisotopic (exact) mass is 164 g/mol. The Morgan fingerprint density at radius 2 is 2.29 bits per heavy atom. The molecule has 0 spiro atoms. The van der Waals surface area contributed by atoms with Crippen molar-refractivity contribution in [1.29, 1.82) is 5.26 Å². The molecule has 0 aromatic rings. The summed E-state index contributed by atoms with van der Waals surface area (Å²) >= 11 is -0.418. The zero-order valence-electron chi connectivity index (χ0n) is 3.46. The summed E-state index contributed by atoms with van der Waals surface area (Å²) in [7, 11) is 0. The molecular weight excluding hydrogens is 159 g/mol. The fourth-order valence-corrected chi connectivity index (χ4v) is 0.380. The molecular formula is C2H4N4Se. The summed E-state index contributed by atoms with van der Waals surface area (Å²) in [5.74, 6) is -0.0125. The van der Waals surface area contributed by atoms with Gasteiger partial charge in [0.05, 0.1) is 0 Å². The van der Waals surface area contributed by atoms with Crippen LogP contribution >= 0.6 is 0 Å². The maximum absolute atomic E-state index is 7.87. The Kier molecular flexibility index (Phi) is 3.11. The second kappa shape index (κ2) is 3.47. The zero-order valence-corrected chi connectivity index (χ0v) is 5.17. The van der Waals surface area contributed by atoms with Crippen molar-refractivity contribution in [3.05, 3.63) is 0 Å². The SMILES string of the molecule is N#C[Se]N=C(N)N. The Morgan fingerprint density at radius 3 is 2.43 bits per heavy atom. The molecule has 5 heteroatoms. The van der Waals surface area contributed by atoms with E-state index in [0.29, 0.717) is 0 Å². The van der Waals surface area contributed by atoms with Crippen LogP contribution in [0.25, 0.3) is 0 Å². The van der Waals surface area contributed by atoms with Gasteiger partial charge in [-0.3, -0.25) is 0 Å². The Bertz CT molecular complexity index is 107. The van der Waals surface area contributed by atoms with Gasteiger partial charge in [0.1, 0.15) is 0 Å². The molecule has 0 rings (SSSR count). The van der Waals surface area contributed by atoms with Crippen molar-refractivity contribution in [2.75, 3.05) is 0 Å². The van der Waals surface area contributed by atoms with Gasteiger partial charge in [-0.1, -0.05) is 0 Å². The molecule has 0 amide bonds. The van der Waals surface area contributed by atoms with Gasteiger partial charge in [-0.2, -0.15) is 0 Å². The van der Waals surface area contributed by atoms with E-state index < -0.39 is 15.2 Å². The summed E-state index contributed by atoms with van der Waals surface area (Å²) in [6, 6.07) is 0. The topological polar surface area (TPSA) is 88.2 Å². The van der Waals surface area contributed by atoms with Crippen LogP contribution in [0.1, 0.15) is 0 Å². The van der Waals surface area contributed by atoms with Gasteiger partial charge in [-0.25, -0.2) is 0 Å². The van der Waals surface area contributed by atoms with E-state index in [2.05, 4.69) is 4.01 Å². The molecule has 0 aliphatic heterocycles. The second-order valence-electron chi connectivity index (χ2n) is 0.699. The first-order chi connectivity index (χ1) is 3.27. The molecule has 4 nitrogen and oxygen atoms in total. The predicted molar refractivity (Wildman–Crippen MR) is 27.2 cm³/mol. The number of nitrogens with zero attached hydrogens (tertiary/aromatic N) is 2. The third-order valence-electron chi connectivity index (χ3n) is 0.192. The number of nitriles is 1. The standard InChI is InChI=1S/C2H4N4Se/c3-1-7-6-2(4)5/h(H4,4,5,6). The second-order valence-corrected chi connectivity index (χ2v) is 1.85. The Hall–Kier alpha value is -0.721. The first-order valence-electron chi connectivity index (χ1n) is 1.41. The van der Waals surface area contributed by atoms with Crippen molar-refractivity contribution < 1.29 is 0 Å². The van der Waals surface area contributed by atoms with Crippen LogP contribution in [0.3, 0.4) is 0 Å². The Morgan fingerprint density at radius 1 is 1.71 bits per heavy atom. The average molecular weight is 163 g/mol. The molecule has 0 aliphatic carbocycles. The van der Waals surface area contributed by atoms with Gasteiger partial charge in [0.15, 0.2) is 0 Å². The molecule has 0 aliphatic rings. The van der Waals surface area contributed by atoms with Gasteiger partial charge < -0.3 is 0 Å². The maximum atomic E-state index is 7.87. The quantitative estimate of drug-likeness (QED) is 0.276. The number of hydrogen-bond acceptors (Lipinski definition) is 2. The molecule has 4 N–H and O–H groups in total. The van der Waals surface area contributed by atoms with E-state index in [1.54, 1.807) is 0 Å². The normalized spacial score (nSPS) is 6.71. The molecule has 0 saturated heterocycles. The molecule has 38 valence electrons. The molecule has 0 aromatic carbocycles. The van der Waals surface area contributed by atoms with Crippen LogP contribution in [-0.4, -0.2) is 21.1 Å². The zero-order chi connectivity index (χ0) is 5.70. The molecule has 0 heterocycles. The van der Waals surface area contributed by atoms with Gasteiger partial charge >= 0.3 is 46.8 Å². The van der Waals surface area contributed by atoms with Crippen molar-refractivity contribution in [2.45, 2.75) is 0 Å². The van der Waals surface area contributed by atoms with E-state index in [-0.39, 0.29) is 5.96 Å². The summed E-state index contributed by atoms with van der Waals surface area (Å²) in [5.41, 5.74) is 9.74. The van der Waals surface area contributed by atoms with Crippen LogP contribution < -0.4 is 11.5 Å². The average Bonchev–Trinajstić information content (AvgIpc) is 1.61. The molecule has 0 fully saturated rings. The van der Waals surface area contributed by atoms with E-state index in [9.17, 15) is 0 Å². The van der Waals surface area contributed by atoms with Gasteiger partial charge in [0.25, 0.3) is 0 Å². The van der Waals surface area contributed by atoms with Crippen LogP contribution in [0.2, 0.25) is 0 Å². The van der Waals surface area contributed by atoms with Crippen molar-refractivity contribution in [2.24, 2.45) is 15.5 Å². The first-order valence-corrected chi connectivity index (χ1v) is 3.03. The minimum atomic E-state index is -0.418. The predicted octanol–water partition coefficient (Wildman–Crippen LogP) is -1.64. The van der Waals surface area contributed by atoms with Crippen molar-refractivity contribution in [1.82, 2.24) is 0 Å². The Balaban J connectivity index is 3.32.